The van der Waals surface area contributed by atoms with Crippen LogP contribution in [-0.2, 0) is 17.6 Å². The fraction of sp³-hybridized carbons (Fsp3) is 0.636. The number of rotatable bonds is 5. The van der Waals surface area contributed by atoms with E-state index in [1.807, 2.05) is 18.3 Å². The molecule has 1 unspecified atom stereocenters. The molecule has 0 saturated heterocycles. The van der Waals surface area contributed by atoms with E-state index in [1.165, 1.54) is 29.7 Å². The van der Waals surface area contributed by atoms with Gasteiger partial charge >= 0.3 is 0 Å². The predicted molar refractivity (Wildman–Crippen MR) is 62.9 cm³/mol. The fourth-order valence-corrected chi connectivity index (χ4v) is 3.27. The minimum atomic E-state index is 0.153. The molecule has 0 fully saturated rings. The summed E-state index contributed by atoms with van der Waals surface area (Å²) >= 11 is 1.88. The van der Waals surface area contributed by atoms with Gasteiger partial charge in [-0.05, 0) is 37.8 Å². The number of aryl methyl sites for hydroxylation is 2. The number of hydrazine groups is 1. The minimum Gasteiger partial charge on any atom is -0.380 e. The van der Waals surface area contributed by atoms with Gasteiger partial charge in [0.05, 0.1) is 12.6 Å². The molecule has 1 aromatic rings. The van der Waals surface area contributed by atoms with Gasteiger partial charge in [-0.2, -0.15) is 0 Å². The quantitative estimate of drug-likeness (QED) is 0.594. The van der Waals surface area contributed by atoms with Crippen molar-refractivity contribution in [2.75, 3.05) is 13.2 Å². The second-order valence-electron chi connectivity index (χ2n) is 3.83. The van der Waals surface area contributed by atoms with Crippen LogP contribution >= 0.6 is 11.3 Å². The summed E-state index contributed by atoms with van der Waals surface area (Å²) in [6.45, 7) is 3.40. The minimum absolute atomic E-state index is 0.153. The standard InChI is InChI=1S/C11H18N2OS/c1-2-14-7-9(13-12)11-6-8-4-3-5-10(8)15-11/h6,9,13H,2-5,7,12H2,1H3. The maximum Gasteiger partial charge on any atom is 0.0786 e. The first-order chi connectivity index (χ1) is 7.35. The third kappa shape index (κ3) is 2.39. The number of ether oxygens (including phenoxy) is 1. The van der Waals surface area contributed by atoms with E-state index >= 15 is 0 Å². The Balaban J connectivity index is 2.06. The summed E-state index contributed by atoms with van der Waals surface area (Å²) in [5, 5.41) is 0. The molecule has 84 valence electrons. The van der Waals surface area contributed by atoms with E-state index in [1.54, 1.807) is 4.88 Å². The Bertz CT molecular complexity index is 303. The van der Waals surface area contributed by atoms with Crippen LogP contribution in [0.5, 0.6) is 0 Å². The molecule has 1 aromatic heterocycles. The number of thiophene rings is 1. The summed E-state index contributed by atoms with van der Waals surface area (Å²) in [5.74, 6) is 5.54. The molecule has 2 rings (SSSR count). The van der Waals surface area contributed by atoms with Crippen molar-refractivity contribution < 1.29 is 4.74 Å². The average Bonchev–Trinajstić information content (AvgIpc) is 2.79. The first-order valence-electron chi connectivity index (χ1n) is 5.50. The van der Waals surface area contributed by atoms with Gasteiger partial charge in [-0.25, -0.2) is 5.43 Å². The van der Waals surface area contributed by atoms with E-state index in [4.69, 9.17) is 10.6 Å². The lowest BCUT2D eigenvalue weighted by Crippen LogP contribution is -2.30. The van der Waals surface area contributed by atoms with Crippen LogP contribution in [-0.4, -0.2) is 13.2 Å². The predicted octanol–water partition coefficient (Wildman–Crippen LogP) is 1.78. The Kier molecular flexibility index (Phi) is 3.75. The van der Waals surface area contributed by atoms with Gasteiger partial charge in [0.1, 0.15) is 0 Å². The number of fused-ring (bicyclic) bond motifs is 1. The lowest BCUT2D eigenvalue weighted by atomic mass is 10.2. The summed E-state index contributed by atoms with van der Waals surface area (Å²) in [6.07, 6.45) is 3.79. The molecule has 15 heavy (non-hydrogen) atoms. The zero-order chi connectivity index (χ0) is 10.7. The smallest absolute Gasteiger partial charge is 0.0786 e. The number of hydrogen-bond acceptors (Lipinski definition) is 4. The summed E-state index contributed by atoms with van der Waals surface area (Å²) in [7, 11) is 0. The van der Waals surface area contributed by atoms with Gasteiger partial charge in [0, 0.05) is 16.4 Å². The van der Waals surface area contributed by atoms with Crippen LogP contribution in [0.4, 0.5) is 0 Å². The van der Waals surface area contributed by atoms with Crippen LogP contribution in [0.2, 0.25) is 0 Å². The molecule has 0 aromatic carbocycles. The highest BCUT2D eigenvalue weighted by molar-refractivity contribution is 7.12. The van der Waals surface area contributed by atoms with Crippen molar-refractivity contribution in [1.29, 1.82) is 0 Å². The van der Waals surface area contributed by atoms with Gasteiger partial charge in [0.2, 0.25) is 0 Å². The molecular weight excluding hydrogens is 208 g/mol. The molecule has 1 atom stereocenters. The Labute approximate surface area is 94.6 Å². The first-order valence-corrected chi connectivity index (χ1v) is 6.32. The van der Waals surface area contributed by atoms with Gasteiger partial charge < -0.3 is 4.74 Å². The Hall–Kier alpha value is -0.420. The zero-order valence-electron chi connectivity index (χ0n) is 9.08. The highest BCUT2D eigenvalue weighted by Crippen LogP contribution is 2.33. The van der Waals surface area contributed by atoms with Crippen molar-refractivity contribution >= 4 is 11.3 Å². The number of hydrogen-bond donors (Lipinski definition) is 2. The average molecular weight is 226 g/mol. The molecule has 0 radical (unpaired) electrons. The second kappa shape index (κ2) is 5.07. The SMILES string of the molecule is CCOCC(NN)c1cc2c(s1)CCC2. The lowest BCUT2D eigenvalue weighted by Gasteiger charge is -2.13. The van der Waals surface area contributed by atoms with Gasteiger partial charge in [-0.15, -0.1) is 11.3 Å². The zero-order valence-corrected chi connectivity index (χ0v) is 9.90. The Morgan fingerprint density at radius 1 is 1.60 bits per heavy atom. The van der Waals surface area contributed by atoms with Gasteiger partial charge in [-0.1, -0.05) is 0 Å². The second-order valence-corrected chi connectivity index (χ2v) is 5.00. The Morgan fingerprint density at radius 2 is 2.47 bits per heavy atom. The molecular formula is C11H18N2OS. The van der Waals surface area contributed by atoms with Crippen LogP contribution in [0.15, 0.2) is 6.07 Å². The molecule has 0 bridgehead atoms. The summed E-state index contributed by atoms with van der Waals surface area (Å²) in [6, 6.07) is 2.44. The largest absolute Gasteiger partial charge is 0.380 e. The maximum absolute atomic E-state index is 5.54. The fourth-order valence-electron chi connectivity index (χ4n) is 1.97. The van der Waals surface area contributed by atoms with Crippen LogP contribution in [0.25, 0.3) is 0 Å². The van der Waals surface area contributed by atoms with Crippen molar-refractivity contribution in [2.45, 2.75) is 32.2 Å². The van der Waals surface area contributed by atoms with Crippen molar-refractivity contribution in [2.24, 2.45) is 5.84 Å². The molecule has 0 spiro atoms. The van der Waals surface area contributed by atoms with E-state index in [-0.39, 0.29) is 6.04 Å². The molecule has 0 saturated carbocycles. The molecule has 3 N–H and O–H groups in total. The summed E-state index contributed by atoms with van der Waals surface area (Å²) in [5.41, 5.74) is 4.35. The van der Waals surface area contributed by atoms with Gasteiger partial charge in [0.15, 0.2) is 0 Å². The normalized spacial score (nSPS) is 16.7. The van der Waals surface area contributed by atoms with E-state index in [0.717, 1.165) is 6.61 Å². The van der Waals surface area contributed by atoms with Gasteiger partial charge in [-0.3, -0.25) is 5.84 Å². The van der Waals surface area contributed by atoms with Crippen molar-refractivity contribution in [3.05, 3.63) is 21.4 Å². The third-order valence-corrected chi connectivity index (χ3v) is 4.15. The van der Waals surface area contributed by atoms with E-state index in [2.05, 4.69) is 11.5 Å². The van der Waals surface area contributed by atoms with Crippen molar-refractivity contribution in [3.8, 4) is 0 Å². The number of nitrogens with two attached hydrogens (primary N) is 1. The topological polar surface area (TPSA) is 47.3 Å². The molecule has 1 aliphatic rings. The summed E-state index contributed by atoms with van der Waals surface area (Å²) in [4.78, 5) is 2.86. The lowest BCUT2D eigenvalue weighted by molar-refractivity contribution is 0.124. The number of nitrogens with one attached hydrogen (secondary N) is 1. The van der Waals surface area contributed by atoms with Gasteiger partial charge in [0.25, 0.3) is 0 Å². The van der Waals surface area contributed by atoms with E-state index in [0.29, 0.717) is 6.61 Å². The molecule has 3 nitrogen and oxygen atoms in total. The first kappa shape index (κ1) is 11.1. The monoisotopic (exact) mass is 226 g/mol. The van der Waals surface area contributed by atoms with Crippen LogP contribution in [0, 0.1) is 0 Å². The molecule has 0 aliphatic heterocycles. The van der Waals surface area contributed by atoms with E-state index < -0.39 is 0 Å². The van der Waals surface area contributed by atoms with Crippen LogP contribution in [0.3, 0.4) is 0 Å². The molecule has 1 heterocycles. The summed E-state index contributed by atoms with van der Waals surface area (Å²) < 4.78 is 5.41. The highest BCUT2D eigenvalue weighted by Gasteiger charge is 2.19. The van der Waals surface area contributed by atoms with Crippen molar-refractivity contribution in [3.63, 3.8) is 0 Å². The van der Waals surface area contributed by atoms with Crippen LogP contribution in [0.1, 0.15) is 34.7 Å². The Morgan fingerprint density at radius 3 is 3.13 bits per heavy atom. The highest BCUT2D eigenvalue weighted by atomic mass is 32.1. The van der Waals surface area contributed by atoms with Crippen molar-refractivity contribution in [1.82, 2.24) is 5.43 Å². The molecule has 4 heteroatoms. The maximum atomic E-state index is 5.54. The molecule has 0 amide bonds. The van der Waals surface area contributed by atoms with E-state index in [9.17, 15) is 0 Å². The third-order valence-electron chi connectivity index (χ3n) is 2.80. The van der Waals surface area contributed by atoms with Crippen LogP contribution < -0.4 is 11.3 Å². The molecule has 1 aliphatic carbocycles.